The molecule has 2 bridgehead atoms. The number of pyridine rings is 1. The fourth-order valence-electron chi connectivity index (χ4n) is 4.28. The summed E-state index contributed by atoms with van der Waals surface area (Å²) in [5.41, 5.74) is 2.54. The Bertz CT molecular complexity index is 729. The molecule has 5 rings (SSSR count). The minimum atomic E-state index is 0.0188. The van der Waals surface area contributed by atoms with E-state index in [1.165, 1.54) is 25.9 Å². The predicted octanol–water partition coefficient (Wildman–Crippen LogP) is 2.30. The van der Waals surface area contributed by atoms with Gasteiger partial charge in [0.15, 0.2) is 0 Å². The number of hydrogen-bond donors (Lipinski definition) is 1. The molecule has 0 aliphatic carbocycles. The van der Waals surface area contributed by atoms with Gasteiger partial charge in [0, 0.05) is 25.3 Å². The topological polar surface area (TPSA) is 50.2 Å². The Hall–Kier alpha value is -2.14. The molecule has 2 aromatic rings. The SMILES string of the molecule is C[C@H]1[C@H](NC(=O)c2ccc(-c3ccccn3)n2C)C2CCN1CC2. The second-order valence-corrected chi connectivity index (χ2v) is 6.99. The molecule has 5 nitrogen and oxygen atoms in total. The molecule has 3 fully saturated rings. The van der Waals surface area contributed by atoms with Crippen LogP contribution in [0.2, 0.25) is 0 Å². The minimum Gasteiger partial charge on any atom is -0.346 e. The maximum atomic E-state index is 12.8. The Kier molecular flexibility index (Phi) is 3.88. The lowest BCUT2D eigenvalue weighted by molar-refractivity contribution is 0.0215. The summed E-state index contributed by atoms with van der Waals surface area (Å²) in [6.45, 7) is 4.58. The van der Waals surface area contributed by atoms with Crippen molar-refractivity contribution < 1.29 is 4.79 Å². The van der Waals surface area contributed by atoms with Crippen LogP contribution in [0.1, 0.15) is 30.3 Å². The summed E-state index contributed by atoms with van der Waals surface area (Å²) < 4.78 is 1.93. The summed E-state index contributed by atoms with van der Waals surface area (Å²) in [5, 5.41) is 3.30. The number of piperidine rings is 3. The molecule has 2 atom stereocenters. The standard InChI is InChI=1S/C19H24N4O/c1-13-18(14-8-11-23(13)12-9-14)21-19(24)17-7-6-16(22(17)2)15-5-3-4-10-20-15/h3-7,10,13-14,18H,8-9,11-12H2,1-2H3,(H,21,24)/t13-,18-/m0/s1. The van der Waals surface area contributed by atoms with Gasteiger partial charge < -0.3 is 9.88 Å². The lowest BCUT2D eigenvalue weighted by Crippen LogP contribution is -2.62. The van der Waals surface area contributed by atoms with Crippen molar-refractivity contribution in [3.8, 4) is 11.4 Å². The van der Waals surface area contributed by atoms with E-state index in [4.69, 9.17) is 0 Å². The molecule has 3 saturated heterocycles. The molecule has 0 spiro atoms. The molecule has 5 heteroatoms. The largest absolute Gasteiger partial charge is 0.346 e. The number of nitrogens with zero attached hydrogens (tertiary/aromatic N) is 3. The molecule has 24 heavy (non-hydrogen) atoms. The van der Waals surface area contributed by atoms with Crippen molar-refractivity contribution in [1.29, 1.82) is 0 Å². The molecule has 0 unspecified atom stereocenters. The molecule has 0 radical (unpaired) electrons. The highest BCUT2D eigenvalue weighted by Gasteiger charge is 2.40. The van der Waals surface area contributed by atoms with E-state index < -0.39 is 0 Å². The Labute approximate surface area is 142 Å². The summed E-state index contributed by atoms with van der Waals surface area (Å²) in [4.78, 5) is 19.7. The molecule has 3 aliphatic rings. The molecule has 0 saturated carbocycles. The quantitative estimate of drug-likeness (QED) is 0.942. The van der Waals surface area contributed by atoms with Gasteiger partial charge in [-0.2, -0.15) is 0 Å². The lowest BCUT2D eigenvalue weighted by Gasteiger charge is -2.49. The van der Waals surface area contributed by atoms with Crippen LogP contribution in [0.4, 0.5) is 0 Å². The van der Waals surface area contributed by atoms with Crippen LogP contribution in [0.25, 0.3) is 11.4 Å². The summed E-state index contributed by atoms with van der Waals surface area (Å²) in [6, 6.07) is 10.4. The van der Waals surface area contributed by atoms with Crippen LogP contribution in [-0.4, -0.2) is 45.5 Å². The zero-order valence-corrected chi connectivity index (χ0v) is 14.3. The van der Waals surface area contributed by atoms with Crippen molar-refractivity contribution >= 4 is 5.91 Å². The number of hydrogen-bond acceptors (Lipinski definition) is 3. The van der Waals surface area contributed by atoms with Gasteiger partial charge in [-0.3, -0.25) is 14.7 Å². The molecule has 126 valence electrons. The van der Waals surface area contributed by atoms with Gasteiger partial charge in [-0.1, -0.05) is 6.07 Å². The summed E-state index contributed by atoms with van der Waals surface area (Å²) in [5.74, 6) is 0.634. The van der Waals surface area contributed by atoms with Crippen molar-refractivity contribution in [3.05, 3.63) is 42.2 Å². The highest BCUT2D eigenvalue weighted by Crippen LogP contribution is 2.32. The number of nitrogens with one attached hydrogen (secondary N) is 1. The summed E-state index contributed by atoms with van der Waals surface area (Å²) in [6.07, 6.45) is 4.17. The van der Waals surface area contributed by atoms with Crippen LogP contribution < -0.4 is 5.32 Å². The van der Waals surface area contributed by atoms with E-state index in [1.807, 2.05) is 41.9 Å². The average Bonchev–Trinajstić information content (AvgIpc) is 3.01. The minimum absolute atomic E-state index is 0.0188. The van der Waals surface area contributed by atoms with Crippen LogP contribution in [-0.2, 0) is 7.05 Å². The first-order chi connectivity index (χ1) is 11.6. The van der Waals surface area contributed by atoms with Gasteiger partial charge in [0.05, 0.1) is 11.4 Å². The maximum absolute atomic E-state index is 12.8. The number of amides is 1. The third-order valence-electron chi connectivity index (χ3n) is 5.76. The van der Waals surface area contributed by atoms with Crippen molar-refractivity contribution in [1.82, 2.24) is 19.8 Å². The Morgan fingerprint density at radius 3 is 2.67 bits per heavy atom. The highest BCUT2D eigenvalue weighted by atomic mass is 16.2. The first kappa shape index (κ1) is 15.4. The molecular weight excluding hydrogens is 300 g/mol. The first-order valence-electron chi connectivity index (χ1n) is 8.77. The molecule has 1 N–H and O–H groups in total. The average molecular weight is 324 g/mol. The summed E-state index contributed by atoms with van der Waals surface area (Å²) in [7, 11) is 1.93. The van der Waals surface area contributed by atoms with E-state index in [0.717, 1.165) is 11.4 Å². The molecule has 3 aliphatic heterocycles. The normalized spacial score (nSPS) is 28.8. The Morgan fingerprint density at radius 2 is 2.00 bits per heavy atom. The van der Waals surface area contributed by atoms with E-state index >= 15 is 0 Å². The van der Waals surface area contributed by atoms with Crippen LogP contribution >= 0.6 is 0 Å². The summed E-state index contributed by atoms with van der Waals surface area (Å²) >= 11 is 0. The number of fused-ring (bicyclic) bond motifs is 3. The van der Waals surface area contributed by atoms with Gasteiger partial charge >= 0.3 is 0 Å². The molecular formula is C19H24N4O. The monoisotopic (exact) mass is 324 g/mol. The first-order valence-corrected chi connectivity index (χ1v) is 8.77. The predicted molar refractivity (Wildman–Crippen MR) is 93.7 cm³/mol. The van der Waals surface area contributed by atoms with E-state index in [1.54, 1.807) is 6.20 Å². The maximum Gasteiger partial charge on any atom is 0.268 e. The Morgan fingerprint density at radius 1 is 1.21 bits per heavy atom. The zero-order valence-electron chi connectivity index (χ0n) is 14.3. The third-order valence-corrected chi connectivity index (χ3v) is 5.76. The molecule has 0 aromatic carbocycles. The van der Waals surface area contributed by atoms with Crippen LogP contribution in [0, 0.1) is 5.92 Å². The highest BCUT2D eigenvalue weighted by molar-refractivity contribution is 5.94. The third kappa shape index (κ3) is 2.53. The second kappa shape index (κ2) is 6.06. The fraction of sp³-hybridized carbons (Fsp3) is 0.474. The number of rotatable bonds is 3. The molecule has 2 aromatic heterocycles. The van der Waals surface area contributed by atoms with Gasteiger partial charge in [0.2, 0.25) is 0 Å². The van der Waals surface area contributed by atoms with E-state index in [0.29, 0.717) is 17.7 Å². The van der Waals surface area contributed by atoms with Crippen LogP contribution in [0.15, 0.2) is 36.5 Å². The van der Waals surface area contributed by atoms with Gasteiger partial charge in [-0.15, -0.1) is 0 Å². The zero-order chi connectivity index (χ0) is 16.7. The lowest BCUT2D eigenvalue weighted by atomic mass is 9.79. The van der Waals surface area contributed by atoms with E-state index in [2.05, 4.69) is 22.1 Å². The van der Waals surface area contributed by atoms with Crippen molar-refractivity contribution in [2.24, 2.45) is 13.0 Å². The van der Waals surface area contributed by atoms with Gasteiger partial charge in [-0.05, 0) is 63.0 Å². The van der Waals surface area contributed by atoms with Crippen molar-refractivity contribution in [2.45, 2.75) is 31.8 Å². The van der Waals surface area contributed by atoms with E-state index in [9.17, 15) is 4.79 Å². The number of aromatic nitrogens is 2. The van der Waals surface area contributed by atoms with Gasteiger partial charge in [0.25, 0.3) is 5.91 Å². The van der Waals surface area contributed by atoms with E-state index in [-0.39, 0.29) is 11.9 Å². The van der Waals surface area contributed by atoms with Crippen molar-refractivity contribution in [2.75, 3.05) is 13.1 Å². The molecule has 5 heterocycles. The second-order valence-electron chi connectivity index (χ2n) is 6.99. The number of carbonyl (C=O) groups excluding carboxylic acids is 1. The van der Waals surface area contributed by atoms with Crippen LogP contribution in [0.3, 0.4) is 0 Å². The van der Waals surface area contributed by atoms with Crippen molar-refractivity contribution in [3.63, 3.8) is 0 Å². The van der Waals surface area contributed by atoms with Gasteiger partial charge in [0.1, 0.15) is 5.69 Å². The Balaban J connectivity index is 1.54. The van der Waals surface area contributed by atoms with Crippen LogP contribution in [0.5, 0.6) is 0 Å². The van der Waals surface area contributed by atoms with Gasteiger partial charge in [-0.25, -0.2) is 0 Å². The smallest absolute Gasteiger partial charge is 0.268 e. The molecule has 1 amide bonds. The number of carbonyl (C=O) groups is 1. The fourth-order valence-corrected chi connectivity index (χ4v) is 4.28.